The van der Waals surface area contributed by atoms with Crippen LogP contribution in [0.3, 0.4) is 0 Å². The van der Waals surface area contributed by atoms with Crippen molar-refractivity contribution in [1.82, 2.24) is 5.32 Å². The molecule has 27 heavy (non-hydrogen) atoms. The molecule has 0 saturated carbocycles. The van der Waals surface area contributed by atoms with Crippen LogP contribution < -0.4 is 15.5 Å². The number of fused-ring (bicyclic) bond motifs is 1. The molecule has 3 rings (SSSR count). The number of nitrogens with one attached hydrogen (secondary N) is 2. The van der Waals surface area contributed by atoms with Crippen LogP contribution in [0.15, 0.2) is 42.5 Å². The van der Waals surface area contributed by atoms with Crippen molar-refractivity contribution in [1.29, 1.82) is 0 Å². The Balaban J connectivity index is 2.18. The summed E-state index contributed by atoms with van der Waals surface area (Å²) in [4.78, 5) is 27.2. The van der Waals surface area contributed by atoms with Crippen LogP contribution in [-0.2, 0) is 10.5 Å². The lowest BCUT2D eigenvalue weighted by Crippen LogP contribution is -2.63. The number of aliphatic hydroxyl groups is 1. The summed E-state index contributed by atoms with van der Waals surface area (Å²) in [6.07, 6.45) is 0.708. The van der Waals surface area contributed by atoms with Crippen molar-refractivity contribution in [3.05, 3.63) is 59.2 Å². The van der Waals surface area contributed by atoms with E-state index >= 15 is 0 Å². The Labute approximate surface area is 159 Å². The van der Waals surface area contributed by atoms with Gasteiger partial charge in [0.25, 0.3) is 11.6 Å². The van der Waals surface area contributed by atoms with Gasteiger partial charge in [-0.1, -0.05) is 31.2 Å². The summed E-state index contributed by atoms with van der Waals surface area (Å²) >= 11 is 0. The van der Waals surface area contributed by atoms with E-state index in [2.05, 4.69) is 10.6 Å². The predicted octanol–water partition coefficient (Wildman–Crippen LogP) is 3.42. The van der Waals surface area contributed by atoms with Crippen molar-refractivity contribution < 1.29 is 14.7 Å². The van der Waals surface area contributed by atoms with Crippen molar-refractivity contribution in [2.45, 2.75) is 45.9 Å². The van der Waals surface area contributed by atoms with Gasteiger partial charge < -0.3 is 15.7 Å². The van der Waals surface area contributed by atoms with E-state index in [-0.39, 0.29) is 6.04 Å². The highest BCUT2D eigenvalue weighted by Crippen LogP contribution is 2.40. The second-order valence-electron chi connectivity index (χ2n) is 7.03. The van der Waals surface area contributed by atoms with E-state index in [1.807, 2.05) is 33.8 Å². The Hall–Kier alpha value is -2.86. The van der Waals surface area contributed by atoms with Gasteiger partial charge in [-0.25, -0.2) is 4.79 Å². The molecule has 0 fully saturated rings. The van der Waals surface area contributed by atoms with Gasteiger partial charge in [-0.2, -0.15) is 0 Å². The first kappa shape index (κ1) is 18.9. The molecule has 3 amide bonds. The lowest BCUT2D eigenvalue weighted by molar-refractivity contribution is -0.140. The van der Waals surface area contributed by atoms with Gasteiger partial charge in [-0.15, -0.1) is 0 Å². The van der Waals surface area contributed by atoms with Gasteiger partial charge in [-0.3, -0.25) is 9.69 Å². The summed E-state index contributed by atoms with van der Waals surface area (Å²) in [6.45, 7) is 7.69. The maximum atomic E-state index is 13.2. The van der Waals surface area contributed by atoms with Gasteiger partial charge in [0, 0.05) is 17.3 Å². The molecule has 142 valence electrons. The average molecular weight is 367 g/mol. The molecular weight excluding hydrogens is 342 g/mol. The zero-order valence-corrected chi connectivity index (χ0v) is 16.0. The van der Waals surface area contributed by atoms with Gasteiger partial charge >= 0.3 is 6.03 Å². The predicted molar refractivity (Wildman–Crippen MR) is 106 cm³/mol. The zero-order chi connectivity index (χ0) is 19.8. The molecule has 1 heterocycles. The zero-order valence-electron chi connectivity index (χ0n) is 16.0. The van der Waals surface area contributed by atoms with E-state index in [1.165, 1.54) is 0 Å². The van der Waals surface area contributed by atoms with E-state index < -0.39 is 17.7 Å². The number of hydrogen-bond donors (Lipinski definition) is 3. The average Bonchev–Trinajstić information content (AvgIpc) is 2.64. The Morgan fingerprint density at radius 1 is 1.22 bits per heavy atom. The number of para-hydroxylation sites is 1. The fourth-order valence-electron chi connectivity index (χ4n) is 3.15. The number of carbonyl (C=O) groups is 2. The molecular formula is C21H25N3O3. The number of amides is 3. The lowest BCUT2D eigenvalue weighted by Gasteiger charge is -2.43. The summed E-state index contributed by atoms with van der Waals surface area (Å²) in [5, 5.41) is 17.2. The number of urea groups is 1. The standard InChI is InChI=1S/C21H25N3O3/c1-5-15(4)22-19(25)21(27)17-8-6-7-9-18(17)23-20(26)24(21)16-11-10-13(2)14(3)12-16/h6-12,15,27H,5H2,1-4H3,(H,22,25)(H,23,26)/t15-,21-/m0/s1. The van der Waals surface area contributed by atoms with Crippen LogP contribution in [0.5, 0.6) is 0 Å². The fourth-order valence-corrected chi connectivity index (χ4v) is 3.15. The van der Waals surface area contributed by atoms with Crippen molar-refractivity contribution in [2.75, 3.05) is 10.2 Å². The molecule has 2 aromatic rings. The molecule has 6 nitrogen and oxygen atoms in total. The van der Waals surface area contributed by atoms with Gasteiger partial charge in [0.1, 0.15) is 0 Å². The van der Waals surface area contributed by atoms with Crippen molar-refractivity contribution in [2.24, 2.45) is 0 Å². The minimum Gasteiger partial charge on any atom is -0.359 e. The molecule has 0 bridgehead atoms. The van der Waals surface area contributed by atoms with E-state index in [4.69, 9.17) is 0 Å². The van der Waals surface area contributed by atoms with Gasteiger partial charge in [0.2, 0.25) is 0 Å². The van der Waals surface area contributed by atoms with Crippen LogP contribution in [0.1, 0.15) is 37.0 Å². The van der Waals surface area contributed by atoms with Crippen LogP contribution in [0.2, 0.25) is 0 Å². The van der Waals surface area contributed by atoms with Crippen LogP contribution in [0, 0.1) is 13.8 Å². The van der Waals surface area contributed by atoms with Crippen molar-refractivity contribution in [3.8, 4) is 0 Å². The maximum absolute atomic E-state index is 13.2. The third kappa shape index (κ3) is 3.17. The van der Waals surface area contributed by atoms with E-state index in [1.54, 1.807) is 36.4 Å². The first-order valence-corrected chi connectivity index (χ1v) is 9.10. The summed E-state index contributed by atoms with van der Waals surface area (Å²) in [5.41, 5.74) is 1.08. The van der Waals surface area contributed by atoms with Gasteiger partial charge in [-0.05, 0) is 56.5 Å². The Morgan fingerprint density at radius 2 is 1.93 bits per heavy atom. The number of rotatable bonds is 4. The van der Waals surface area contributed by atoms with Gasteiger partial charge in [0.05, 0.1) is 5.69 Å². The van der Waals surface area contributed by atoms with Gasteiger partial charge in [0.15, 0.2) is 0 Å². The number of aryl methyl sites for hydroxylation is 2. The first-order valence-electron chi connectivity index (χ1n) is 9.10. The second-order valence-corrected chi connectivity index (χ2v) is 7.03. The van der Waals surface area contributed by atoms with Crippen LogP contribution in [0.25, 0.3) is 0 Å². The fraction of sp³-hybridized carbons (Fsp3) is 0.333. The molecule has 0 aromatic heterocycles. The molecule has 0 unspecified atom stereocenters. The molecule has 6 heteroatoms. The van der Waals surface area contributed by atoms with Crippen LogP contribution in [0.4, 0.5) is 16.2 Å². The van der Waals surface area contributed by atoms with Crippen molar-refractivity contribution >= 4 is 23.3 Å². The molecule has 0 saturated heterocycles. The highest BCUT2D eigenvalue weighted by atomic mass is 16.3. The number of hydrogen-bond acceptors (Lipinski definition) is 3. The van der Waals surface area contributed by atoms with Crippen molar-refractivity contribution in [3.63, 3.8) is 0 Å². The highest BCUT2D eigenvalue weighted by Gasteiger charge is 2.52. The number of nitrogens with zero attached hydrogens (tertiary/aromatic N) is 1. The van der Waals surface area contributed by atoms with Crippen LogP contribution >= 0.6 is 0 Å². The van der Waals surface area contributed by atoms with E-state index in [0.717, 1.165) is 16.0 Å². The number of benzene rings is 2. The molecule has 0 aliphatic carbocycles. The Bertz CT molecular complexity index is 896. The first-order chi connectivity index (χ1) is 12.8. The SMILES string of the molecule is CC[C@H](C)NC(=O)[C@@]1(O)c2ccccc2NC(=O)N1c1ccc(C)c(C)c1. The molecule has 2 aromatic carbocycles. The third-order valence-electron chi connectivity index (χ3n) is 5.13. The minimum atomic E-state index is -2.15. The molecule has 3 N–H and O–H groups in total. The van der Waals surface area contributed by atoms with E-state index in [0.29, 0.717) is 23.4 Å². The summed E-state index contributed by atoms with van der Waals surface area (Å²) in [5.74, 6) is -0.627. The maximum Gasteiger partial charge on any atom is 0.329 e. The Kier molecular flexibility index (Phi) is 4.93. The number of anilines is 2. The van der Waals surface area contributed by atoms with Crippen LogP contribution in [-0.4, -0.2) is 23.1 Å². The topological polar surface area (TPSA) is 81.7 Å². The third-order valence-corrected chi connectivity index (χ3v) is 5.13. The summed E-state index contributed by atoms with van der Waals surface area (Å²) in [7, 11) is 0. The molecule has 0 spiro atoms. The molecule has 0 radical (unpaired) electrons. The summed E-state index contributed by atoms with van der Waals surface area (Å²) < 4.78 is 0. The largest absolute Gasteiger partial charge is 0.359 e. The smallest absolute Gasteiger partial charge is 0.329 e. The molecule has 1 aliphatic heterocycles. The quantitative estimate of drug-likeness (QED) is 0.774. The minimum absolute atomic E-state index is 0.139. The monoisotopic (exact) mass is 367 g/mol. The second kappa shape index (κ2) is 7.04. The molecule has 2 atom stereocenters. The highest BCUT2D eigenvalue weighted by molar-refractivity contribution is 6.11. The molecule has 1 aliphatic rings. The summed E-state index contributed by atoms with van der Waals surface area (Å²) in [6, 6.07) is 11.5. The lowest BCUT2D eigenvalue weighted by atomic mass is 9.94. The number of carbonyl (C=O) groups excluding carboxylic acids is 2. The Morgan fingerprint density at radius 3 is 2.59 bits per heavy atom. The van der Waals surface area contributed by atoms with E-state index in [9.17, 15) is 14.7 Å². The normalized spacial score (nSPS) is 19.9.